The van der Waals surface area contributed by atoms with Gasteiger partial charge in [-0.25, -0.2) is 0 Å². The minimum Gasteiger partial charge on any atom is -0.469 e. The second-order valence-electron chi connectivity index (χ2n) is 10.2. The van der Waals surface area contributed by atoms with Crippen molar-refractivity contribution in [3.63, 3.8) is 0 Å². The molecule has 1 N–H and O–H groups in total. The average molecular weight is 502 g/mol. The Morgan fingerprint density at radius 2 is 1.81 bits per heavy atom. The van der Waals surface area contributed by atoms with E-state index in [2.05, 4.69) is 23.5 Å². The molecule has 2 aromatic carbocycles. The molecule has 7 nitrogen and oxygen atoms in total. The maximum atomic E-state index is 13.1. The van der Waals surface area contributed by atoms with E-state index >= 15 is 0 Å². The lowest BCUT2D eigenvalue weighted by Gasteiger charge is -2.34. The third kappa shape index (κ3) is 6.76. The molecule has 7 heteroatoms. The van der Waals surface area contributed by atoms with Gasteiger partial charge >= 0.3 is 5.97 Å². The molecule has 1 heterocycles. The number of benzene rings is 2. The first-order valence-electron chi connectivity index (χ1n) is 13.2. The molecule has 2 atom stereocenters. The minimum absolute atomic E-state index is 0.0000910. The zero-order valence-electron chi connectivity index (χ0n) is 21.4. The largest absolute Gasteiger partial charge is 0.469 e. The first-order valence-corrected chi connectivity index (χ1v) is 13.2. The topological polar surface area (TPSA) is 99.5 Å². The fourth-order valence-corrected chi connectivity index (χ4v) is 5.53. The highest BCUT2D eigenvalue weighted by Crippen LogP contribution is 2.41. The summed E-state index contributed by atoms with van der Waals surface area (Å²) in [7, 11) is 1.35. The van der Waals surface area contributed by atoms with E-state index in [-0.39, 0.29) is 42.1 Å². The summed E-state index contributed by atoms with van der Waals surface area (Å²) in [6.07, 6.45) is 4.75. The van der Waals surface area contributed by atoms with E-state index in [4.69, 9.17) is 10.00 Å². The molecule has 2 fully saturated rings. The second kappa shape index (κ2) is 12.5. The highest BCUT2D eigenvalue weighted by Gasteiger charge is 2.40. The minimum atomic E-state index is -0.363. The van der Waals surface area contributed by atoms with E-state index in [1.807, 2.05) is 47.4 Å². The van der Waals surface area contributed by atoms with E-state index in [0.29, 0.717) is 37.4 Å². The van der Waals surface area contributed by atoms with E-state index in [9.17, 15) is 14.4 Å². The van der Waals surface area contributed by atoms with Crippen LogP contribution in [0.15, 0.2) is 54.6 Å². The van der Waals surface area contributed by atoms with Gasteiger partial charge in [0, 0.05) is 25.0 Å². The van der Waals surface area contributed by atoms with Gasteiger partial charge < -0.3 is 15.0 Å². The van der Waals surface area contributed by atoms with Crippen molar-refractivity contribution >= 4 is 17.8 Å². The molecule has 0 spiro atoms. The smallest absolute Gasteiger partial charge is 0.306 e. The number of likely N-dealkylation sites (tertiary alicyclic amines) is 1. The molecule has 1 saturated carbocycles. The van der Waals surface area contributed by atoms with Gasteiger partial charge in [0.05, 0.1) is 31.1 Å². The van der Waals surface area contributed by atoms with Crippen LogP contribution in [-0.4, -0.2) is 48.9 Å². The summed E-state index contributed by atoms with van der Waals surface area (Å²) in [6.45, 7) is 1.15. The van der Waals surface area contributed by atoms with Crippen LogP contribution < -0.4 is 5.32 Å². The van der Waals surface area contributed by atoms with Crippen molar-refractivity contribution in [2.75, 3.05) is 20.2 Å². The van der Waals surface area contributed by atoms with Crippen LogP contribution in [0.1, 0.15) is 61.1 Å². The Bertz CT molecular complexity index is 1120. The molecule has 2 aliphatic rings. The Hall–Kier alpha value is -3.66. The number of hydrogen-bond acceptors (Lipinski definition) is 5. The summed E-state index contributed by atoms with van der Waals surface area (Å²) in [4.78, 5) is 39.5. The number of esters is 1. The Morgan fingerprint density at radius 1 is 1.08 bits per heavy atom. The molecule has 37 heavy (non-hydrogen) atoms. The number of carbonyl (C=O) groups is 3. The standard InChI is InChI=1S/C30H35N3O4/c1-37-28(34)19-26-18-27(33(30(26)36)15-5-8-21-6-3-2-4-7-21)13-14-32-29(35)25-16-24(17-25)23-11-9-22(20-31)10-12-23/h2-4,6-7,9-12,24-27H,5,8,13-19H2,1H3,(H,32,35)/t24-,25+,26-,27+/m0/s1. The first kappa shape index (κ1) is 26.4. The lowest BCUT2D eigenvalue weighted by Crippen LogP contribution is -2.41. The van der Waals surface area contributed by atoms with Gasteiger partial charge in [-0.15, -0.1) is 0 Å². The van der Waals surface area contributed by atoms with Crippen LogP contribution in [0.5, 0.6) is 0 Å². The number of ether oxygens (including phenoxy) is 1. The van der Waals surface area contributed by atoms with Crippen LogP contribution >= 0.6 is 0 Å². The van der Waals surface area contributed by atoms with Crippen LogP contribution in [0.3, 0.4) is 0 Å². The van der Waals surface area contributed by atoms with Gasteiger partial charge in [-0.2, -0.15) is 5.26 Å². The SMILES string of the molecule is COC(=O)C[C@@H]1C[C@@H](CCNC(=O)[C@H]2C[C@@H](c3ccc(C#N)cc3)C2)N(CCCc2ccccc2)C1=O. The number of hydrogen-bond donors (Lipinski definition) is 1. The predicted molar refractivity (Wildman–Crippen MR) is 139 cm³/mol. The summed E-state index contributed by atoms with van der Waals surface area (Å²) in [5, 5.41) is 12.0. The number of nitrogens with one attached hydrogen (secondary N) is 1. The maximum absolute atomic E-state index is 13.1. The summed E-state index contributed by atoms with van der Waals surface area (Å²) in [5.74, 6) is -0.284. The van der Waals surface area contributed by atoms with Crippen LogP contribution in [0.25, 0.3) is 0 Å². The van der Waals surface area contributed by atoms with Gasteiger partial charge in [0.25, 0.3) is 0 Å². The van der Waals surface area contributed by atoms with Gasteiger partial charge in [0.1, 0.15) is 0 Å². The fourth-order valence-electron chi connectivity index (χ4n) is 5.53. The molecule has 2 amide bonds. The molecule has 0 unspecified atom stereocenters. The first-order chi connectivity index (χ1) is 18.0. The summed E-state index contributed by atoms with van der Waals surface area (Å²) >= 11 is 0. The third-order valence-electron chi connectivity index (χ3n) is 7.77. The van der Waals surface area contributed by atoms with Gasteiger partial charge in [0.15, 0.2) is 0 Å². The summed E-state index contributed by atoms with van der Waals surface area (Å²) < 4.78 is 4.80. The number of carbonyl (C=O) groups excluding carboxylic acids is 3. The van der Waals surface area contributed by atoms with Crippen molar-refractivity contribution in [1.82, 2.24) is 10.2 Å². The highest BCUT2D eigenvalue weighted by atomic mass is 16.5. The Kier molecular flexibility index (Phi) is 8.95. The van der Waals surface area contributed by atoms with Gasteiger partial charge in [-0.1, -0.05) is 42.5 Å². The van der Waals surface area contributed by atoms with Crippen molar-refractivity contribution in [3.05, 3.63) is 71.3 Å². The monoisotopic (exact) mass is 501 g/mol. The Balaban J connectivity index is 1.25. The lowest BCUT2D eigenvalue weighted by molar-refractivity contribution is -0.144. The van der Waals surface area contributed by atoms with E-state index < -0.39 is 0 Å². The molecule has 194 valence electrons. The zero-order valence-corrected chi connectivity index (χ0v) is 21.4. The molecule has 1 saturated heterocycles. The number of nitriles is 1. The summed E-state index contributed by atoms with van der Waals surface area (Å²) in [6, 6.07) is 19.9. The van der Waals surface area contributed by atoms with Gasteiger partial charge in [-0.05, 0) is 67.7 Å². The predicted octanol–water partition coefficient (Wildman–Crippen LogP) is 3.97. The number of amides is 2. The number of aryl methyl sites for hydroxylation is 1. The van der Waals surface area contributed by atoms with Gasteiger partial charge in [-0.3, -0.25) is 14.4 Å². The average Bonchev–Trinajstić information content (AvgIpc) is 3.18. The Labute approximate surface area is 218 Å². The molecule has 1 aliphatic heterocycles. The second-order valence-corrected chi connectivity index (χ2v) is 10.2. The molecule has 4 rings (SSSR count). The van der Waals surface area contributed by atoms with Crippen molar-refractivity contribution < 1.29 is 19.1 Å². The normalized spacial score (nSPS) is 22.7. The van der Waals surface area contributed by atoms with Crippen molar-refractivity contribution in [3.8, 4) is 6.07 Å². The summed E-state index contributed by atoms with van der Waals surface area (Å²) in [5.41, 5.74) is 3.06. The number of methoxy groups -OCH3 is 1. The van der Waals surface area contributed by atoms with E-state index in [1.165, 1.54) is 18.2 Å². The highest BCUT2D eigenvalue weighted by molar-refractivity contribution is 5.86. The van der Waals surface area contributed by atoms with E-state index in [1.54, 1.807) is 0 Å². The molecular weight excluding hydrogens is 466 g/mol. The molecule has 0 bridgehead atoms. The molecular formula is C30H35N3O4. The van der Waals surface area contributed by atoms with Gasteiger partial charge in [0.2, 0.25) is 11.8 Å². The molecule has 1 aliphatic carbocycles. The van der Waals surface area contributed by atoms with Crippen LogP contribution in [0, 0.1) is 23.2 Å². The Morgan fingerprint density at radius 3 is 2.49 bits per heavy atom. The fraction of sp³-hybridized carbons (Fsp3) is 0.467. The van der Waals surface area contributed by atoms with Crippen LogP contribution in [0.4, 0.5) is 0 Å². The zero-order chi connectivity index (χ0) is 26.2. The lowest BCUT2D eigenvalue weighted by atomic mass is 9.71. The number of rotatable bonds is 11. The van der Waals surface area contributed by atoms with Crippen LogP contribution in [0.2, 0.25) is 0 Å². The van der Waals surface area contributed by atoms with E-state index in [0.717, 1.165) is 25.7 Å². The quantitative estimate of drug-likeness (QED) is 0.470. The molecule has 0 aromatic heterocycles. The van der Waals surface area contributed by atoms with Crippen molar-refractivity contribution in [2.24, 2.45) is 11.8 Å². The maximum Gasteiger partial charge on any atom is 0.306 e. The molecule has 2 aromatic rings. The third-order valence-corrected chi connectivity index (χ3v) is 7.77. The number of nitrogens with zero attached hydrogens (tertiary/aromatic N) is 2. The van der Waals surface area contributed by atoms with Crippen molar-refractivity contribution in [2.45, 2.75) is 56.9 Å². The van der Waals surface area contributed by atoms with Crippen molar-refractivity contribution in [1.29, 1.82) is 5.26 Å². The molecule has 0 radical (unpaired) electrons. The van der Waals surface area contributed by atoms with Crippen LogP contribution in [-0.2, 0) is 25.5 Å².